The zero-order chi connectivity index (χ0) is 13.1. The van der Waals surface area contributed by atoms with Crippen LogP contribution in [0.4, 0.5) is 0 Å². The normalized spacial score (nSPS) is 11.5. The number of sulfone groups is 1. The van der Waals surface area contributed by atoms with E-state index < -0.39 is 9.84 Å². The average Bonchev–Trinajstić information content (AvgIpc) is 2.19. The van der Waals surface area contributed by atoms with Gasteiger partial charge in [-0.05, 0) is 24.6 Å². The van der Waals surface area contributed by atoms with E-state index in [1.54, 1.807) is 12.1 Å². The molecular formula is C11H12Br2O3S. The largest absolute Gasteiger partial charge is 0.294 e. The van der Waals surface area contributed by atoms with Crippen molar-refractivity contribution in [3.8, 4) is 0 Å². The van der Waals surface area contributed by atoms with E-state index in [1.165, 1.54) is 6.26 Å². The monoisotopic (exact) mass is 382 g/mol. The van der Waals surface area contributed by atoms with Crippen LogP contribution in [0, 0.1) is 0 Å². The number of ketones is 1. The second-order valence-electron chi connectivity index (χ2n) is 3.78. The molecule has 1 aromatic rings. The quantitative estimate of drug-likeness (QED) is 0.733. The van der Waals surface area contributed by atoms with Gasteiger partial charge in [-0.25, -0.2) is 8.42 Å². The molecule has 17 heavy (non-hydrogen) atoms. The topological polar surface area (TPSA) is 51.2 Å². The van der Waals surface area contributed by atoms with E-state index in [0.717, 1.165) is 8.95 Å². The molecule has 0 fully saturated rings. The SMILES string of the molecule is CS(=O)(=O)CCCC(=O)c1cc(Br)ccc1Br. The molecule has 1 rings (SSSR count). The summed E-state index contributed by atoms with van der Waals surface area (Å²) < 4.78 is 23.4. The zero-order valence-corrected chi connectivity index (χ0v) is 13.2. The molecule has 0 bridgehead atoms. The summed E-state index contributed by atoms with van der Waals surface area (Å²) in [6, 6.07) is 5.35. The Labute approximate surface area is 118 Å². The minimum absolute atomic E-state index is 0.0460. The van der Waals surface area contributed by atoms with Gasteiger partial charge in [0.25, 0.3) is 0 Å². The minimum atomic E-state index is -2.99. The average molecular weight is 384 g/mol. The highest BCUT2D eigenvalue weighted by molar-refractivity contribution is 9.11. The summed E-state index contributed by atoms with van der Waals surface area (Å²) in [5.74, 6) is -0.00787. The van der Waals surface area contributed by atoms with Crippen molar-refractivity contribution < 1.29 is 13.2 Å². The van der Waals surface area contributed by atoms with Crippen LogP contribution in [-0.2, 0) is 9.84 Å². The molecule has 0 N–H and O–H groups in total. The zero-order valence-electron chi connectivity index (χ0n) is 9.24. The van der Waals surface area contributed by atoms with Gasteiger partial charge in [0.15, 0.2) is 5.78 Å². The van der Waals surface area contributed by atoms with Crippen LogP contribution < -0.4 is 0 Å². The first-order valence-corrected chi connectivity index (χ1v) is 8.60. The highest BCUT2D eigenvalue weighted by Gasteiger charge is 2.11. The number of hydrogen-bond acceptors (Lipinski definition) is 3. The van der Waals surface area contributed by atoms with E-state index >= 15 is 0 Å². The van der Waals surface area contributed by atoms with Crippen LogP contribution in [-0.4, -0.2) is 26.2 Å². The van der Waals surface area contributed by atoms with Crippen LogP contribution in [0.5, 0.6) is 0 Å². The number of hydrogen-bond donors (Lipinski definition) is 0. The summed E-state index contributed by atoms with van der Waals surface area (Å²) in [6.45, 7) is 0. The van der Waals surface area contributed by atoms with Crippen molar-refractivity contribution in [2.75, 3.05) is 12.0 Å². The van der Waals surface area contributed by atoms with Crippen LogP contribution >= 0.6 is 31.9 Å². The molecule has 0 saturated carbocycles. The molecule has 0 unspecified atom stereocenters. The highest BCUT2D eigenvalue weighted by Crippen LogP contribution is 2.23. The molecule has 0 aliphatic rings. The molecule has 6 heteroatoms. The molecule has 1 aromatic carbocycles. The van der Waals surface area contributed by atoms with Gasteiger partial charge in [0, 0.05) is 27.2 Å². The lowest BCUT2D eigenvalue weighted by molar-refractivity contribution is 0.0981. The van der Waals surface area contributed by atoms with Gasteiger partial charge in [0.1, 0.15) is 9.84 Å². The van der Waals surface area contributed by atoms with Crippen LogP contribution in [0.1, 0.15) is 23.2 Å². The Kier molecular flexibility index (Phi) is 5.34. The van der Waals surface area contributed by atoms with Crippen molar-refractivity contribution in [2.24, 2.45) is 0 Å². The number of rotatable bonds is 5. The number of benzene rings is 1. The smallest absolute Gasteiger partial charge is 0.164 e. The third-order valence-electron chi connectivity index (χ3n) is 2.15. The first kappa shape index (κ1) is 14.9. The Morgan fingerprint density at radius 1 is 1.29 bits per heavy atom. The van der Waals surface area contributed by atoms with Crippen molar-refractivity contribution >= 4 is 47.5 Å². The number of carbonyl (C=O) groups is 1. The first-order chi connectivity index (χ1) is 7.79. The number of halogens is 2. The molecule has 0 spiro atoms. The molecule has 0 amide bonds. The molecule has 94 valence electrons. The van der Waals surface area contributed by atoms with E-state index in [4.69, 9.17) is 0 Å². The Morgan fingerprint density at radius 2 is 1.94 bits per heavy atom. The van der Waals surface area contributed by atoms with Crippen molar-refractivity contribution in [2.45, 2.75) is 12.8 Å². The van der Waals surface area contributed by atoms with Gasteiger partial charge < -0.3 is 0 Å². The summed E-state index contributed by atoms with van der Waals surface area (Å²) in [5.41, 5.74) is 0.577. The van der Waals surface area contributed by atoms with Crippen LogP contribution in [0.3, 0.4) is 0 Å². The molecule has 0 aromatic heterocycles. The van der Waals surface area contributed by atoms with Gasteiger partial charge in [-0.2, -0.15) is 0 Å². The lowest BCUT2D eigenvalue weighted by atomic mass is 10.1. The standard InChI is InChI=1S/C11H12Br2O3S/c1-17(15,16)6-2-3-11(14)9-7-8(12)4-5-10(9)13/h4-5,7H,2-3,6H2,1H3. The summed E-state index contributed by atoms with van der Waals surface area (Å²) in [5, 5.41) is 0. The summed E-state index contributed by atoms with van der Waals surface area (Å²) in [6.07, 6.45) is 1.77. The van der Waals surface area contributed by atoms with E-state index in [9.17, 15) is 13.2 Å². The Hall–Kier alpha value is -0.200. The molecule has 3 nitrogen and oxygen atoms in total. The maximum Gasteiger partial charge on any atom is 0.164 e. The summed E-state index contributed by atoms with van der Waals surface area (Å²) >= 11 is 6.60. The maximum absolute atomic E-state index is 11.9. The third kappa shape index (κ3) is 5.31. The van der Waals surface area contributed by atoms with Gasteiger partial charge in [0.2, 0.25) is 0 Å². The van der Waals surface area contributed by atoms with E-state index in [-0.39, 0.29) is 18.0 Å². The van der Waals surface area contributed by atoms with Gasteiger partial charge in [0.05, 0.1) is 5.75 Å². The fourth-order valence-electron chi connectivity index (χ4n) is 1.34. The second kappa shape index (κ2) is 6.11. The van der Waals surface area contributed by atoms with Crippen LogP contribution in [0.15, 0.2) is 27.1 Å². The molecular weight excluding hydrogens is 372 g/mol. The molecule has 0 aliphatic heterocycles. The van der Waals surface area contributed by atoms with Gasteiger partial charge in [-0.1, -0.05) is 31.9 Å². The van der Waals surface area contributed by atoms with Crippen LogP contribution in [0.25, 0.3) is 0 Å². The molecule has 0 heterocycles. The van der Waals surface area contributed by atoms with Crippen molar-refractivity contribution in [3.05, 3.63) is 32.7 Å². The summed E-state index contributed by atoms with van der Waals surface area (Å²) in [7, 11) is -2.99. The minimum Gasteiger partial charge on any atom is -0.294 e. The fraction of sp³-hybridized carbons (Fsp3) is 0.364. The Morgan fingerprint density at radius 3 is 2.53 bits per heavy atom. The van der Waals surface area contributed by atoms with Gasteiger partial charge in [-0.3, -0.25) is 4.79 Å². The Bertz CT molecular complexity index is 524. The maximum atomic E-state index is 11.9. The van der Waals surface area contributed by atoms with Gasteiger partial charge >= 0.3 is 0 Å². The third-order valence-corrected chi connectivity index (χ3v) is 4.36. The van der Waals surface area contributed by atoms with E-state index in [1.807, 2.05) is 6.07 Å². The lowest BCUT2D eigenvalue weighted by Gasteiger charge is -2.04. The van der Waals surface area contributed by atoms with E-state index in [0.29, 0.717) is 12.0 Å². The van der Waals surface area contributed by atoms with Crippen molar-refractivity contribution in [1.82, 2.24) is 0 Å². The van der Waals surface area contributed by atoms with E-state index in [2.05, 4.69) is 31.9 Å². The lowest BCUT2D eigenvalue weighted by Crippen LogP contribution is -2.07. The fourth-order valence-corrected chi connectivity index (χ4v) is 2.84. The highest BCUT2D eigenvalue weighted by atomic mass is 79.9. The number of carbonyl (C=O) groups excluding carboxylic acids is 1. The first-order valence-electron chi connectivity index (χ1n) is 4.95. The van der Waals surface area contributed by atoms with Crippen molar-refractivity contribution in [1.29, 1.82) is 0 Å². The molecule has 0 saturated heterocycles. The van der Waals surface area contributed by atoms with Crippen LogP contribution in [0.2, 0.25) is 0 Å². The molecule has 0 radical (unpaired) electrons. The summed E-state index contributed by atoms with van der Waals surface area (Å²) in [4.78, 5) is 11.9. The molecule has 0 aliphatic carbocycles. The Balaban J connectivity index is 2.67. The predicted octanol–water partition coefficient (Wildman–Crippen LogP) is 3.22. The predicted molar refractivity (Wildman–Crippen MR) is 75.1 cm³/mol. The molecule has 0 atom stereocenters. The van der Waals surface area contributed by atoms with Gasteiger partial charge in [-0.15, -0.1) is 0 Å². The second-order valence-corrected chi connectivity index (χ2v) is 7.81. The van der Waals surface area contributed by atoms with Crippen molar-refractivity contribution in [3.63, 3.8) is 0 Å². The number of Topliss-reactive ketones (excluding diaryl/α,β-unsaturated/α-hetero) is 1.